The molecule has 1 fully saturated rings. The van der Waals surface area contributed by atoms with Crippen LogP contribution in [0.5, 0.6) is 0 Å². The van der Waals surface area contributed by atoms with Crippen LogP contribution in [0, 0.1) is 11.8 Å². The lowest BCUT2D eigenvalue weighted by atomic mass is 9.80. The molecule has 1 saturated carbocycles. The van der Waals surface area contributed by atoms with Crippen molar-refractivity contribution in [1.29, 1.82) is 0 Å². The van der Waals surface area contributed by atoms with Crippen LogP contribution in [0.25, 0.3) is 0 Å². The highest BCUT2D eigenvalue weighted by Crippen LogP contribution is 2.31. The van der Waals surface area contributed by atoms with Gasteiger partial charge in [-0.15, -0.1) is 0 Å². The van der Waals surface area contributed by atoms with Gasteiger partial charge in [-0.2, -0.15) is 0 Å². The summed E-state index contributed by atoms with van der Waals surface area (Å²) < 4.78 is 5.21. The molecule has 0 atom stereocenters. The normalized spacial score (nSPS) is 26.4. The Balaban J connectivity index is 2.32. The van der Waals surface area contributed by atoms with Gasteiger partial charge in [0.15, 0.2) is 0 Å². The molecule has 3 heteroatoms. The molecule has 0 aromatic carbocycles. The zero-order valence-electron chi connectivity index (χ0n) is 9.46. The topological polar surface area (TPSA) is 26.3 Å². The van der Waals surface area contributed by atoms with E-state index in [1.165, 1.54) is 0 Å². The van der Waals surface area contributed by atoms with Gasteiger partial charge in [0.05, 0.1) is 0 Å². The first-order chi connectivity index (χ1) is 7.00. The molecule has 0 aromatic heterocycles. The first-order valence-corrected chi connectivity index (χ1v) is 5.94. The number of rotatable bonds is 3. The minimum absolute atomic E-state index is 0.0269. The molecule has 15 heavy (non-hydrogen) atoms. The Morgan fingerprint density at radius 3 is 2.27 bits per heavy atom. The fourth-order valence-electron chi connectivity index (χ4n) is 2.09. The molecule has 0 unspecified atom stereocenters. The van der Waals surface area contributed by atoms with Crippen molar-refractivity contribution in [3.05, 3.63) is 11.6 Å². The van der Waals surface area contributed by atoms with Crippen LogP contribution < -0.4 is 0 Å². The maximum Gasteiger partial charge on any atom is 0.349 e. The van der Waals surface area contributed by atoms with E-state index in [-0.39, 0.29) is 11.1 Å². The van der Waals surface area contributed by atoms with Gasteiger partial charge in [-0.05, 0) is 37.5 Å². The molecule has 0 amide bonds. The van der Waals surface area contributed by atoms with E-state index in [0.717, 1.165) is 37.5 Å². The molecule has 1 aliphatic carbocycles. The minimum atomic E-state index is -0.468. The Morgan fingerprint density at radius 1 is 1.33 bits per heavy atom. The van der Waals surface area contributed by atoms with Gasteiger partial charge in [0, 0.05) is 0 Å². The van der Waals surface area contributed by atoms with Crippen LogP contribution in [0.2, 0.25) is 0 Å². The molecule has 0 spiro atoms. The molecular formula is C12H19ClO2. The zero-order chi connectivity index (χ0) is 11.4. The van der Waals surface area contributed by atoms with Crippen molar-refractivity contribution in [2.24, 2.45) is 11.8 Å². The maximum absolute atomic E-state index is 11.2. The van der Waals surface area contributed by atoms with E-state index in [1.807, 2.05) is 0 Å². The Kier molecular flexibility index (Phi) is 4.65. The number of esters is 1. The second kappa shape index (κ2) is 5.55. The first kappa shape index (κ1) is 12.6. The van der Waals surface area contributed by atoms with Gasteiger partial charge in [0.1, 0.15) is 11.1 Å². The van der Waals surface area contributed by atoms with E-state index in [9.17, 15) is 4.79 Å². The molecule has 0 aliphatic heterocycles. The third-order valence-electron chi connectivity index (χ3n) is 3.16. The van der Waals surface area contributed by atoms with E-state index in [1.54, 1.807) is 0 Å². The molecule has 0 radical (unpaired) electrons. The summed E-state index contributed by atoms with van der Waals surface area (Å²) in [6.45, 7) is 7.85. The summed E-state index contributed by atoms with van der Waals surface area (Å²) in [5.74, 6) is 1.04. The van der Waals surface area contributed by atoms with Crippen molar-refractivity contribution < 1.29 is 9.53 Å². The lowest BCUT2D eigenvalue weighted by molar-refractivity contribution is -0.145. The van der Waals surface area contributed by atoms with Gasteiger partial charge in [0.25, 0.3) is 0 Å². The molecule has 86 valence electrons. The summed E-state index contributed by atoms with van der Waals surface area (Å²) in [4.78, 5) is 11.2. The molecular weight excluding hydrogens is 212 g/mol. The highest BCUT2D eigenvalue weighted by atomic mass is 35.5. The van der Waals surface area contributed by atoms with Crippen molar-refractivity contribution in [1.82, 2.24) is 0 Å². The predicted molar refractivity (Wildman–Crippen MR) is 61.7 cm³/mol. The zero-order valence-corrected chi connectivity index (χ0v) is 10.2. The Morgan fingerprint density at radius 2 is 1.87 bits per heavy atom. The quantitative estimate of drug-likeness (QED) is 0.548. The third kappa shape index (κ3) is 3.86. The molecule has 0 aromatic rings. The average Bonchev–Trinajstić information content (AvgIpc) is 2.18. The third-order valence-corrected chi connectivity index (χ3v) is 3.31. The van der Waals surface area contributed by atoms with Crippen LogP contribution in [0.1, 0.15) is 39.5 Å². The van der Waals surface area contributed by atoms with Gasteiger partial charge >= 0.3 is 5.97 Å². The van der Waals surface area contributed by atoms with E-state index < -0.39 is 5.97 Å². The smallest absolute Gasteiger partial charge is 0.349 e. The number of hydrogen-bond acceptors (Lipinski definition) is 2. The number of hydrogen-bond donors (Lipinski definition) is 0. The van der Waals surface area contributed by atoms with Crippen LogP contribution >= 0.6 is 11.6 Å². The monoisotopic (exact) mass is 230 g/mol. The Hall–Kier alpha value is -0.500. The Labute approximate surface area is 96.6 Å². The van der Waals surface area contributed by atoms with Crippen LogP contribution in [0.3, 0.4) is 0 Å². The SMILES string of the molecule is C=C(Cl)C(=O)OC1CCC(C(C)C)CC1. The second-order valence-corrected chi connectivity index (χ2v) is 5.05. The van der Waals surface area contributed by atoms with E-state index in [4.69, 9.17) is 16.3 Å². The molecule has 0 heterocycles. The lowest BCUT2D eigenvalue weighted by Crippen LogP contribution is -2.26. The summed E-state index contributed by atoms with van der Waals surface area (Å²) in [7, 11) is 0. The summed E-state index contributed by atoms with van der Waals surface area (Å²) in [6.07, 6.45) is 4.25. The van der Waals surface area contributed by atoms with Crippen molar-refractivity contribution >= 4 is 17.6 Å². The summed E-state index contributed by atoms with van der Waals surface area (Å²) in [6, 6.07) is 0. The Bertz CT molecular complexity index is 240. The van der Waals surface area contributed by atoms with Crippen molar-refractivity contribution in [3.8, 4) is 0 Å². The van der Waals surface area contributed by atoms with Crippen LogP contribution in [0.4, 0.5) is 0 Å². The molecule has 2 nitrogen and oxygen atoms in total. The molecule has 1 aliphatic rings. The number of halogens is 1. The average molecular weight is 231 g/mol. The highest BCUT2D eigenvalue weighted by Gasteiger charge is 2.25. The van der Waals surface area contributed by atoms with Crippen LogP contribution in [-0.2, 0) is 9.53 Å². The second-order valence-electron chi connectivity index (χ2n) is 4.59. The van der Waals surface area contributed by atoms with Gasteiger partial charge in [0.2, 0.25) is 0 Å². The molecule has 0 N–H and O–H groups in total. The van der Waals surface area contributed by atoms with Gasteiger partial charge in [-0.3, -0.25) is 0 Å². The first-order valence-electron chi connectivity index (χ1n) is 5.56. The van der Waals surface area contributed by atoms with Crippen molar-refractivity contribution in [2.75, 3.05) is 0 Å². The van der Waals surface area contributed by atoms with Gasteiger partial charge in [-0.1, -0.05) is 32.0 Å². The molecule has 0 bridgehead atoms. The van der Waals surface area contributed by atoms with E-state index >= 15 is 0 Å². The van der Waals surface area contributed by atoms with Crippen molar-refractivity contribution in [3.63, 3.8) is 0 Å². The summed E-state index contributed by atoms with van der Waals surface area (Å²) in [5, 5.41) is -0.0269. The van der Waals surface area contributed by atoms with E-state index in [2.05, 4.69) is 20.4 Å². The van der Waals surface area contributed by atoms with Gasteiger partial charge < -0.3 is 4.74 Å². The fraction of sp³-hybridized carbons (Fsp3) is 0.750. The predicted octanol–water partition coefficient (Wildman–Crippen LogP) is 3.50. The largest absolute Gasteiger partial charge is 0.458 e. The van der Waals surface area contributed by atoms with Crippen molar-refractivity contribution in [2.45, 2.75) is 45.6 Å². The minimum Gasteiger partial charge on any atom is -0.458 e. The summed E-state index contributed by atoms with van der Waals surface area (Å²) in [5.41, 5.74) is 0. The lowest BCUT2D eigenvalue weighted by Gasteiger charge is -2.30. The van der Waals surface area contributed by atoms with E-state index in [0.29, 0.717) is 0 Å². The van der Waals surface area contributed by atoms with Crippen LogP contribution in [0.15, 0.2) is 11.6 Å². The molecule has 1 rings (SSSR count). The fourth-order valence-corrected chi connectivity index (χ4v) is 2.13. The van der Waals surface area contributed by atoms with Gasteiger partial charge in [-0.25, -0.2) is 4.79 Å². The number of carbonyl (C=O) groups excluding carboxylic acids is 1. The molecule has 0 saturated heterocycles. The maximum atomic E-state index is 11.2. The highest BCUT2D eigenvalue weighted by molar-refractivity contribution is 6.40. The van der Waals surface area contributed by atoms with Crippen LogP contribution in [-0.4, -0.2) is 12.1 Å². The number of ether oxygens (including phenoxy) is 1. The summed E-state index contributed by atoms with van der Waals surface area (Å²) >= 11 is 5.46. The standard InChI is InChI=1S/C12H19ClO2/c1-8(2)10-4-6-11(7-5-10)15-12(14)9(3)13/h8,10-11H,3-7H2,1-2H3. The number of carbonyl (C=O) groups is 1.